The molecule has 2 saturated carbocycles. The minimum absolute atomic E-state index is 0.163. The van der Waals surface area contributed by atoms with Gasteiger partial charge in [0.15, 0.2) is 0 Å². The highest BCUT2D eigenvalue weighted by Gasteiger charge is 2.42. The molecule has 2 aliphatic carbocycles. The average molecular weight is 491 g/mol. The summed E-state index contributed by atoms with van der Waals surface area (Å²) in [5.41, 5.74) is 1.97. The van der Waals surface area contributed by atoms with Crippen LogP contribution < -0.4 is 16.0 Å². The van der Waals surface area contributed by atoms with Crippen LogP contribution >= 0.6 is 11.6 Å². The van der Waals surface area contributed by atoms with E-state index in [4.69, 9.17) is 21.1 Å². The number of pyridine rings is 1. The van der Waals surface area contributed by atoms with Crippen molar-refractivity contribution in [2.24, 2.45) is 0 Å². The Hall–Kier alpha value is -1.93. The van der Waals surface area contributed by atoms with Gasteiger partial charge < -0.3 is 25.4 Å². The summed E-state index contributed by atoms with van der Waals surface area (Å²) >= 11 is 6.50. The van der Waals surface area contributed by atoms with Crippen molar-refractivity contribution in [3.8, 4) is 11.1 Å². The molecule has 1 heterocycles. The number of halogens is 2. The first-order valence-corrected chi connectivity index (χ1v) is 12.5. The van der Waals surface area contributed by atoms with Gasteiger partial charge >= 0.3 is 0 Å². The fraction of sp³-hybridized carbons (Fsp3) is 0.577. The molecular formula is C26H36ClFN4O2. The molecular weight excluding hydrogens is 455 g/mol. The summed E-state index contributed by atoms with van der Waals surface area (Å²) < 4.78 is 25.2. The predicted molar refractivity (Wildman–Crippen MR) is 136 cm³/mol. The maximum atomic E-state index is 14.5. The van der Waals surface area contributed by atoms with Crippen LogP contribution in [-0.2, 0) is 9.47 Å². The van der Waals surface area contributed by atoms with E-state index in [0.717, 1.165) is 62.1 Å². The van der Waals surface area contributed by atoms with Crippen LogP contribution in [0.4, 0.5) is 15.9 Å². The highest BCUT2D eigenvalue weighted by molar-refractivity contribution is 6.33. The largest absolute Gasteiger partial charge is 0.383 e. The van der Waals surface area contributed by atoms with Crippen LogP contribution in [0.25, 0.3) is 11.1 Å². The van der Waals surface area contributed by atoms with Crippen molar-refractivity contribution in [1.82, 2.24) is 10.3 Å². The minimum Gasteiger partial charge on any atom is -0.383 e. The maximum Gasteiger partial charge on any atom is 0.146 e. The van der Waals surface area contributed by atoms with Crippen molar-refractivity contribution >= 4 is 23.1 Å². The number of aromatic nitrogens is 1. The molecule has 2 aliphatic rings. The number of benzene rings is 1. The number of ether oxygens (including phenoxy) is 2. The maximum absolute atomic E-state index is 14.5. The zero-order chi connectivity index (χ0) is 24.1. The van der Waals surface area contributed by atoms with Gasteiger partial charge in [0, 0.05) is 50.7 Å². The molecule has 8 heteroatoms. The van der Waals surface area contributed by atoms with Crippen molar-refractivity contribution in [3.63, 3.8) is 0 Å². The fourth-order valence-electron chi connectivity index (χ4n) is 4.73. The second kappa shape index (κ2) is 11.2. The first kappa shape index (κ1) is 25.2. The molecule has 0 saturated heterocycles. The van der Waals surface area contributed by atoms with E-state index in [9.17, 15) is 4.39 Å². The Kier molecular flexibility index (Phi) is 8.30. The first-order valence-electron chi connectivity index (χ1n) is 12.2. The van der Waals surface area contributed by atoms with Gasteiger partial charge in [0.1, 0.15) is 11.6 Å². The summed E-state index contributed by atoms with van der Waals surface area (Å²) in [6.07, 6.45) is 8.02. The van der Waals surface area contributed by atoms with Gasteiger partial charge in [-0.3, -0.25) is 0 Å². The van der Waals surface area contributed by atoms with Gasteiger partial charge in [-0.05, 0) is 69.2 Å². The molecule has 34 heavy (non-hydrogen) atoms. The van der Waals surface area contributed by atoms with Crippen molar-refractivity contribution in [2.75, 3.05) is 38.0 Å². The van der Waals surface area contributed by atoms with Crippen molar-refractivity contribution in [2.45, 2.75) is 69.2 Å². The molecule has 2 aromatic rings. The molecule has 6 nitrogen and oxygen atoms in total. The van der Waals surface area contributed by atoms with Crippen LogP contribution in [0.15, 0.2) is 30.5 Å². The van der Waals surface area contributed by atoms with Crippen molar-refractivity contribution < 1.29 is 13.9 Å². The van der Waals surface area contributed by atoms with Crippen LogP contribution in [0.3, 0.4) is 0 Å². The van der Waals surface area contributed by atoms with E-state index >= 15 is 0 Å². The topological polar surface area (TPSA) is 67.4 Å². The highest BCUT2D eigenvalue weighted by Crippen LogP contribution is 2.39. The van der Waals surface area contributed by atoms with E-state index in [0.29, 0.717) is 35.4 Å². The highest BCUT2D eigenvalue weighted by atomic mass is 35.5. The molecule has 1 aromatic carbocycles. The van der Waals surface area contributed by atoms with Gasteiger partial charge in [-0.25, -0.2) is 9.37 Å². The summed E-state index contributed by atoms with van der Waals surface area (Å²) in [6, 6.07) is 8.26. The summed E-state index contributed by atoms with van der Waals surface area (Å²) in [5.74, 6) is 0.503. The second-order valence-electron chi connectivity index (χ2n) is 9.70. The van der Waals surface area contributed by atoms with Gasteiger partial charge in [-0.2, -0.15) is 0 Å². The number of hydrogen-bond acceptors (Lipinski definition) is 6. The second-order valence-corrected chi connectivity index (χ2v) is 10.1. The van der Waals surface area contributed by atoms with E-state index < -0.39 is 0 Å². The van der Waals surface area contributed by atoms with E-state index in [-0.39, 0.29) is 11.4 Å². The smallest absolute Gasteiger partial charge is 0.146 e. The molecule has 0 spiro atoms. The standard InChI is InChI=1S/C26H36ClFN4O2/c1-17(15-33-2)31-19-5-7-20(8-6-19)32-25-13-21(22(27)14-29-25)18-4-9-23(28)24(12-18)30-16-26(34-3)10-11-26/h4,9,12-14,17,19-20,30-31H,5-8,10-11,15-16H2,1-3H3,(H,29,32). The molecule has 2 fully saturated rings. The Morgan fingerprint density at radius 3 is 2.56 bits per heavy atom. The van der Waals surface area contributed by atoms with E-state index in [1.165, 1.54) is 6.07 Å². The lowest BCUT2D eigenvalue weighted by Gasteiger charge is -2.32. The molecule has 0 amide bonds. The zero-order valence-electron chi connectivity index (χ0n) is 20.3. The van der Waals surface area contributed by atoms with E-state index in [2.05, 4.69) is 27.9 Å². The Morgan fingerprint density at radius 2 is 1.88 bits per heavy atom. The Labute approximate surface area is 207 Å². The molecule has 186 valence electrons. The SMILES string of the molecule is COCC(C)NC1CCC(Nc2cc(-c3ccc(F)c(NCC4(OC)CC4)c3)c(Cl)cn2)CC1. The van der Waals surface area contributed by atoms with Crippen LogP contribution in [0.2, 0.25) is 5.02 Å². The molecule has 0 radical (unpaired) electrons. The number of methoxy groups -OCH3 is 2. The monoisotopic (exact) mass is 490 g/mol. The number of rotatable bonds is 11. The summed E-state index contributed by atoms with van der Waals surface area (Å²) in [5, 5.41) is 11.0. The fourth-order valence-corrected chi connectivity index (χ4v) is 4.94. The van der Waals surface area contributed by atoms with Crippen molar-refractivity contribution in [1.29, 1.82) is 0 Å². The van der Waals surface area contributed by atoms with Gasteiger partial charge in [-0.1, -0.05) is 17.7 Å². The van der Waals surface area contributed by atoms with Gasteiger partial charge in [0.2, 0.25) is 0 Å². The predicted octanol–water partition coefficient (Wildman–Crippen LogP) is 5.48. The molecule has 0 bridgehead atoms. The zero-order valence-corrected chi connectivity index (χ0v) is 21.1. The molecule has 4 rings (SSSR count). The van der Waals surface area contributed by atoms with Crippen LogP contribution in [-0.4, -0.2) is 56.1 Å². The molecule has 1 unspecified atom stereocenters. The lowest BCUT2D eigenvalue weighted by molar-refractivity contribution is 0.0914. The molecule has 3 N–H and O–H groups in total. The molecule has 1 atom stereocenters. The Balaban J connectivity index is 1.39. The molecule has 1 aromatic heterocycles. The third-order valence-corrected chi connectivity index (χ3v) is 7.29. The number of nitrogens with one attached hydrogen (secondary N) is 3. The van der Waals surface area contributed by atoms with E-state index in [1.807, 2.05) is 12.1 Å². The lowest BCUT2D eigenvalue weighted by atomic mass is 9.90. The normalized spacial score (nSPS) is 22.3. The van der Waals surface area contributed by atoms with E-state index in [1.54, 1.807) is 26.5 Å². The minimum atomic E-state index is -0.288. The summed E-state index contributed by atoms with van der Waals surface area (Å²) in [4.78, 5) is 4.50. The number of anilines is 2. The number of hydrogen-bond donors (Lipinski definition) is 3. The quantitative estimate of drug-likeness (QED) is 0.387. The van der Waals surface area contributed by atoms with Crippen LogP contribution in [0.5, 0.6) is 0 Å². The third kappa shape index (κ3) is 6.39. The van der Waals surface area contributed by atoms with Crippen molar-refractivity contribution in [3.05, 3.63) is 41.3 Å². The third-order valence-electron chi connectivity index (χ3n) is 6.99. The van der Waals surface area contributed by atoms with Crippen LogP contribution in [0, 0.1) is 5.82 Å². The lowest BCUT2D eigenvalue weighted by Crippen LogP contribution is -2.42. The molecule has 0 aliphatic heterocycles. The van der Waals surface area contributed by atoms with Gasteiger partial charge in [0.05, 0.1) is 22.9 Å². The number of nitrogens with zero attached hydrogens (tertiary/aromatic N) is 1. The van der Waals surface area contributed by atoms with Crippen LogP contribution in [0.1, 0.15) is 45.4 Å². The summed E-state index contributed by atoms with van der Waals surface area (Å²) in [6.45, 7) is 3.47. The Morgan fingerprint density at radius 1 is 1.15 bits per heavy atom. The van der Waals surface area contributed by atoms with Gasteiger partial charge in [0.25, 0.3) is 0 Å². The Bertz CT molecular complexity index is 964. The summed E-state index contributed by atoms with van der Waals surface area (Å²) in [7, 11) is 3.44. The average Bonchev–Trinajstić information content (AvgIpc) is 3.62. The first-order chi connectivity index (χ1) is 16.4. The van der Waals surface area contributed by atoms with Gasteiger partial charge in [-0.15, -0.1) is 0 Å².